The molecule has 1 saturated heterocycles. The van der Waals surface area contributed by atoms with Crippen LogP contribution in [0.5, 0.6) is 0 Å². The van der Waals surface area contributed by atoms with Gasteiger partial charge in [0.2, 0.25) is 5.95 Å². The van der Waals surface area contributed by atoms with Gasteiger partial charge < -0.3 is 24.8 Å². The van der Waals surface area contributed by atoms with E-state index in [1.54, 1.807) is 0 Å². The highest BCUT2D eigenvalue weighted by molar-refractivity contribution is 5.84. The maximum Gasteiger partial charge on any atom is 0.328 e. The average Bonchev–Trinajstić information content (AvgIpc) is 3.27. The van der Waals surface area contributed by atoms with Crippen LogP contribution in [0.1, 0.15) is 45.1 Å². The second-order valence-electron chi connectivity index (χ2n) is 10.3. The lowest BCUT2D eigenvalue weighted by Gasteiger charge is -2.37. The number of nitrogens with zero attached hydrogens (tertiary/aromatic N) is 3. The summed E-state index contributed by atoms with van der Waals surface area (Å²) in [4.78, 5) is 44.8. The summed E-state index contributed by atoms with van der Waals surface area (Å²) in [6, 6.07) is 15.0. The van der Waals surface area contributed by atoms with Gasteiger partial charge in [-0.25, -0.2) is 9.78 Å². The van der Waals surface area contributed by atoms with Crippen LogP contribution >= 0.6 is 0 Å². The average molecular weight is 530 g/mol. The van der Waals surface area contributed by atoms with Crippen LogP contribution in [-0.2, 0) is 23.0 Å². The maximum absolute atomic E-state index is 13.0. The number of piperidine rings is 1. The first-order valence-electron chi connectivity index (χ1n) is 13.7. The summed E-state index contributed by atoms with van der Waals surface area (Å²) in [5.74, 6) is 0.288. The number of aromatic nitrogens is 2. The zero-order chi connectivity index (χ0) is 27.5. The third kappa shape index (κ3) is 5.39. The van der Waals surface area contributed by atoms with Crippen LogP contribution in [-0.4, -0.2) is 40.8 Å². The Morgan fingerprint density at radius 1 is 1.10 bits per heavy atom. The van der Waals surface area contributed by atoms with Gasteiger partial charge in [0.15, 0.2) is 0 Å². The predicted octanol–water partition coefficient (Wildman–Crippen LogP) is 4.27. The molecule has 2 atom stereocenters. The number of esters is 1. The minimum Gasteiger partial charge on any atom is -0.464 e. The summed E-state index contributed by atoms with van der Waals surface area (Å²) >= 11 is 0. The lowest BCUT2D eigenvalue weighted by molar-refractivity contribution is -0.144. The summed E-state index contributed by atoms with van der Waals surface area (Å²) in [7, 11) is 1.96. The molecule has 2 heterocycles. The van der Waals surface area contributed by atoms with Crippen molar-refractivity contribution < 1.29 is 9.53 Å². The molecular formula is C30H35N5O4. The molecule has 5 rings (SSSR count). The number of imidazole rings is 1. The summed E-state index contributed by atoms with van der Waals surface area (Å²) < 4.78 is 7.44. The van der Waals surface area contributed by atoms with Gasteiger partial charge in [-0.3, -0.25) is 9.59 Å². The number of hydrogen-bond donors (Lipinski definition) is 2. The molecule has 1 aliphatic heterocycles. The molecule has 0 aliphatic carbocycles. The number of benzene rings is 2. The van der Waals surface area contributed by atoms with Crippen LogP contribution in [0.15, 0.2) is 58.1 Å². The molecule has 39 heavy (non-hydrogen) atoms. The first-order valence-corrected chi connectivity index (χ1v) is 13.7. The Kier molecular flexibility index (Phi) is 7.67. The molecule has 204 valence electrons. The molecule has 2 N–H and O–H groups in total. The van der Waals surface area contributed by atoms with E-state index in [1.165, 1.54) is 0 Å². The van der Waals surface area contributed by atoms with Gasteiger partial charge in [0.25, 0.3) is 10.9 Å². The second kappa shape index (κ2) is 11.3. The molecule has 0 bridgehead atoms. The Balaban J connectivity index is 1.34. The van der Waals surface area contributed by atoms with Gasteiger partial charge in [-0.05, 0) is 62.4 Å². The van der Waals surface area contributed by atoms with Crippen molar-refractivity contribution in [1.29, 1.82) is 0 Å². The molecule has 9 heteroatoms. The molecule has 0 amide bonds. The highest BCUT2D eigenvalue weighted by Crippen LogP contribution is 2.29. The van der Waals surface area contributed by atoms with Crippen LogP contribution < -0.4 is 26.4 Å². The first kappa shape index (κ1) is 26.5. The van der Waals surface area contributed by atoms with Gasteiger partial charge >= 0.3 is 5.97 Å². The molecule has 1 fully saturated rings. The molecular weight excluding hydrogens is 494 g/mol. The quantitative estimate of drug-likeness (QED) is 0.232. The molecule has 4 aromatic rings. The number of anilines is 4. The van der Waals surface area contributed by atoms with Crippen LogP contribution in [0.2, 0.25) is 0 Å². The van der Waals surface area contributed by atoms with Crippen LogP contribution in [0.3, 0.4) is 0 Å². The van der Waals surface area contributed by atoms with E-state index in [-0.39, 0.29) is 11.7 Å². The summed E-state index contributed by atoms with van der Waals surface area (Å²) in [6.45, 7) is 5.01. The van der Waals surface area contributed by atoms with Crippen molar-refractivity contribution >= 4 is 40.0 Å². The monoisotopic (exact) mass is 529 g/mol. The Morgan fingerprint density at radius 2 is 1.87 bits per heavy atom. The summed E-state index contributed by atoms with van der Waals surface area (Å²) in [6.07, 6.45) is 4.04. The van der Waals surface area contributed by atoms with E-state index >= 15 is 0 Å². The third-order valence-electron chi connectivity index (χ3n) is 7.46. The van der Waals surface area contributed by atoms with Crippen molar-refractivity contribution in [3.63, 3.8) is 0 Å². The van der Waals surface area contributed by atoms with Crippen molar-refractivity contribution in [2.24, 2.45) is 7.05 Å². The van der Waals surface area contributed by atoms with Gasteiger partial charge in [-0.2, -0.15) is 0 Å². The van der Waals surface area contributed by atoms with E-state index in [1.807, 2.05) is 72.0 Å². The van der Waals surface area contributed by atoms with Crippen molar-refractivity contribution in [2.75, 3.05) is 28.7 Å². The highest BCUT2D eigenvalue weighted by Gasteiger charge is 2.33. The lowest BCUT2D eigenvalue weighted by atomic mass is 9.99. The third-order valence-corrected chi connectivity index (χ3v) is 7.46. The minimum atomic E-state index is -0.794. The van der Waals surface area contributed by atoms with E-state index < -0.39 is 22.9 Å². The van der Waals surface area contributed by atoms with E-state index in [9.17, 15) is 14.4 Å². The molecule has 0 saturated carbocycles. The molecule has 1 unspecified atom stereocenters. The van der Waals surface area contributed by atoms with Gasteiger partial charge in [-0.15, -0.1) is 0 Å². The van der Waals surface area contributed by atoms with Crippen LogP contribution in [0.4, 0.5) is 23.0 Å². The van der Waals surface area contributed by atoms with Gasteiger partial charge in [0.1, 0.15) is 17.4 Å². The number of para-hydroxylation sites is 2. The van der Waals surface area contributed by atoms with Crippen molar-refractivity contribution in [2.45, 2.75) is 58.0 Å². The number of fused-ring (bicyclic) bond motifs is 1. The number of carbonyl (C=O) groups is 1. The number of ether oxygens (including phenoxy) is 1. The van der Waals surface area contributed by atoms with Crippen molar-refractivity contribution in [3.05, 3.63) is 74.5 Å². The predicted molar refractivity (Wildman–Crippen MR) is 155 cm³/mol. The lowest BCUT2D eigenvalue weighted by Crippen LogP contribution is -2.49. The molecule has 1 aliphatic rings. The van der Waals surface area contributed by atoms with Crippen LogP contribution in [0, 0.1) is 0 Å². The normalized spacial score (nSPS) is 16.4. The van der Waals surface area contributed by atoms with E-state index in [0.29, 0.717) is 25.1 Å². The second-order valence-corrected chi connectivity index (χ2v) is 10.3. The zero-order valence-electron chi connectivity index (χ0n) is 22.7. The number of rotatable bonds is 10. The molecule has 0 radical (unpaired) electrons. The Bertz CT molecular complexity index is 1530. The Labute approximate surface area is 227 Å². The van der Waals surface area contributed by atoms with Crippen molar-refractivity contribution in [1.82, 2.24) is 9.55 Å². The summed E-state index contributed by atoms with van der Waals surface area (Å²) in [5.41, 5.74) is 3.28. The van der Waals surface area contributed by atoms with Crippen molar-refractivity contribution in [3.8, 4) is 0 Å². The fourth-order valence-corrected chi connectivity index (χ4v) is 5.23. The topological polar surface area (TPSA) is 106 Å². The molecule has 1 aromatic heterocycles. The van der Waals surface area contributed by atoms with Gasteiger partial charge in [0, 0.05) is 31.7 Å². The number of carbonyl (C=O) groups excluding carboxylic acids is 1. The van der Waals surface area contributed by atoms with Gasteiger partial charge in [-0.1, -0.05) is 31.2 Å². The zero-order valence-corrected chi connectivity index (χ0v) is 22.7. The maximum atomic E-state index is 13.0. The SMILES string of the molecule is CCCOC(=O)[C@H](Cc1ccc(Nc2nc3ccccc3n2C)cc1)Nc1c(N2CCCCC2C)c(=O)c1=O. The van der Waals surface area contributed by atoms with Gasteiger partial charge in [0.05, 0.1) is 17.6 Å². The fraction of sp³-hybridized carbons (Fsp3) is 0.400. The van der Waals surface area contributed by atoms with E-state index in [2.05, 4.69) is 22.5 Å². The smallest absolute Gasteiger partial charge is 0.328 e. The Hall–Kier alpha value is -4.14. The number of nitrogens with one attached hydrogen (secondary N) is 2. The molecule has 3 aromatic carbocycles. The molecule has 0 spiro atoms. The van der Waals surface area contributed by atoms with E-state index in [0.717, 1.165) is 54.0 Å². The fourth-order valence-electron chi connectivity index (χ4n) is 5.23. The first-order chi connectivity index (χ1) is 18.9. The van der Waals surface area contributed by atoms with Crippen LogP contribution in [0.25, 0.3) is 11.0 Å². The minimum absolute atomic E-state index is 0.171. The van der Waals surface area contributed by atoms with E-state index in [4.69, 9.17) is 4.74 Å². The largest absolute Gasteiger partial charge is 0.464 e. The summed E-state index contributed by atoms with van der Waals surface area (Å²) in [5, 5.41) is 6.45. The molecule has 9 nitrogen and oxygen atoms in total. The standard InChI is InChI=1S/C30H35N5O4/c1-4-17-39-29(38)23(32-25-26(28(37)27(25)36)35-16-8-7-9-19(35)2)18-20-12-14-21(15-13-20)31-30-33-22-10-5-6-11-24(22)34(30)3/h5-6,10-15,19,23,32H,4,7-9,16-18H2,1-3H3,(H,31,33)/t19?,23-/m0/s1. The number of aryl methyl sites for hydroxylation is 1. The highest BCUT2D eigenvalue weighted by atomic mass is 16.5. The Morgan fingerprint density at radius 3 is 2.59 bits per heavy atom. The number of hydrogen-bond acceptors (Lipinski definition) is 8.